The minimum Gasteiger partial charge on any atom is -0.494 e. The molecule has 1 aliphatic rings. The maximum atomic E-state index is 13.2. The highest BCUT2D eigenvalue weighted by Crippen LogP contribution is 2.36. The van der Waals surface area contributed by atoms with Gasteiger partial charge in [0.15, 0.2) is 5.82 Å². The molecule has 0 unspecified atom stereocenters. The molecule has 3 aromatic rings. The molecule has 1 aromatic carbocycles. The lowest BCUT2D eigenvalue weighted by Gasteiger charge is -2.41. The molecular formula is C27H40N6O2. The molecule has 0 amide bonds. The molecule has 35 heavy (non-hydrogen) atoms. The maximum Gasteiger partial charge on any atom is 0.252 e. The van der Waals surface area contributed by atoms with Crippen molar-refractivity contribution in [2.24, 2.45) is 5.92 Å². The van der Waals surface area contributed by atoms with Crippen LogP contribution in [0.1, 0.15) is 91.1 Å². The monoisotopic (exact) mass is 480 g/mol. The number of aromatic nitrogens is 5. The number of nitrogens with one attached hydrogen (secondary N) is 1. The van der Waals surface area contributed by atoms with Crippen molar-refractivity contribution in [3.8, 4) is 5.75 Å². The van der Waals surface area contributed by atoms with Crippen molar-refractivity contribution in [1.82, 2.24) is 30.1 Å². The fraction of sp³-hybridized carbons (Fsp3) is 0.630. The average molecular weight is 481 g/mol. The quantitative estimate of drug-likeness (QED) is 0.477. The van der Waals surface area contributed by atoms with Crippen LogP contribution in [0.15, 0.2) is 29.1 Å². The zero-order chi connectivity index (χ0) is 25.2. The molecule has 0 saturated heterocycles. The highest BCUT2D eigenvalue weighted by Gasteiger charge is 2.36. The van der Waals surface area contributed by atoms with Gasteiger partial charge in [-0.05, 0) is 81.1 Å². The van der Waals surface area contributed by atoms with Gasteiger partial charge in [-0.2, -0.15) is 0 Å². The third-order valence-corrected chi connectivity index (χ3v) is 6.98. The van der Waals surface area contributed by atoms with Crippen LogP contribution >= 0.6 is 0 Å². The number of aromatic amines is 1. The normalized spacial score (nSPS) is 16.3. The van der Waals surface area contributed by atoms with Gasteiger partial charge in [0, 0.05) is 29.1 Å². The van der Waals surface area contributed by atoms with Crippen molar-refractivity contribution in [3.05, 3.63) is 46.0 Å². The van der Waals surface area contributed by atoms with Crippen LogP contribution in [0.4, 0.5) is 0 Å². The Balaban J connectivity index is 1.78. The number of nitrogens with zero attached hydrogens (tertiary/aromatic N) is 5. The number of hydrogen-bond acceptors (Lipinski definition) is 6. The third kappa shape index (κ3) is 5.58. The van der Waals surface area contributed by atoms with Crippen molar-refractivity contribution >= 4 is 10.9 Å². The maximum absolute atomic E-state index is 13.2. The van der Waals surface area contributed by atoms with E-state index in [9.17, 15) is 4.79 Å². The minimum atomic E-state index is -0.236. The lowest BCUT2D eigenvalue weighted by Crippen LogP contribution is -2.44. The van der Waals surface area contributed by atoms with E-state index < -0.39 is 0 Å². The Morgan fingerprint density at radius 2 is 1.91 bits per heavy atom. The summed E-state index contributed by atoms with van der Waals surface area (Å²) in [5.74, 6) is 1.95. The van der Waals surface area contributed by atoms with Crippen molar-refractivity contribution in [1.29, 1.82) is 0 Å². The number of fused-ring (bicyclic) bond motifs is 1. The van der Waals surface area contributed by atoms with Crippen LogP contribution in [0.25, 0.3) is 10.9 Å². The van der Waals surface area contributed by atoms with Gasteiger partial charge in [-0.15, -0.1) is 5.10 Å². The molecule has 0 radical (unpaired) electrons. The molecule has 0 aliphatic heterocycles. The number of hydrogen-bond donors (Lipinski definition) is 1. The van der Waals surface area contributed by atoms with E-state index in [1.165, 1.54) is 19.3 Å². The number of rotatable bonds is 8. The molecule has 1 saturated carbocycles. The van der Waals surface area contributed by atoms with Gasteiger partial charge < -0.3 is 9.72 Å². The van der Waals surface area contributed by atoms with Crippen LogP contribution in [0, 0.1) is 5.92 Å². The molecule has 1 aliphatic carbocycles. The topological polar surface area (TPSA) is 88.9 Å². The highest BCUT2D eigenvalue weighted by atomic mass is 16.5. The molecule has 8 heteroatoms. The molecular weight excluding hydrogens is 440 g/mol. The number of benzene rings is 1. The number of H-pyrrole nitrogens is 1. The van der Waals surface area contributed by atoms with Crippen molar-refractivity contribution < 1.29 is 4.74 Å². The van der Waals surface area contributed by atoms with Gasteiger partial charge in [0.05, 0.1) is 18.2 Å². The zero-order valence-electron chi connectivity index (χ0n) is 22.0. The van der Waals surface area contributed by atoms with Gasteiger partial charge in [-0.25, -0.2) is 4.68 Å². The van der Waals surface area contributed by atoms with Gasteiger partial charge in [-0.1, -0.05) is 33.1 Å². The van der Waals surface area contributed by atoms with E-state index in [2.05, 4.69) is 60.0 Å². The summed E-state index contributed by atoms with van der Waals surface area (Å²) in [7, 11) is 0. The predicted octanol–water partition coefficient (Wildman–Crippen LogP) is 5.20. The fourth-order valence-corrected chi connectivity index (χ4v) is 5.35. The molecule has 0 bridgehead atoms. The third-order valence-electron chi connectivity index (χ3n) is 6.98. The second-order valence-electron chi connectivity index (χ2n) is 11.1. The van der Waals surface area contributed by atoms with E-state index in [1.54, 1.807) is 0 Å². The van der Waals surface area contributed by atoms with E-state index in [-0.39, 0.29) is 23.1 Å². The largest absolute Gasteiger partial charge is 0.494 e. The van der Waals surface area contributed by atoms with Crippen molar-refractivity contribution in [3.63, 3.8) is 0 Å². The molecule has 1 atom stereocenters. The molecule has 2 aromatic heterocycles. The Morgan fingerprint density at radius 1 is 1.17 bits per heavy atom. The summed E-state index contributed by atoms with van der Waals surface area (Å²) in [6.07, 6.45) is 5.94. The van der Waals surface area contributed by atoms with Crippen LogP contribution in [0.3, 0.4) is 0 Å². The first kappa shape index (κ1) is 25.4. The summed E-state index contributed by atoms with van der Waals surface area (Å²) in [6, 6.07) is 8.22. The molecule has 8 nitrogen and oxygen atoms in total. The first-order valence-electron chi connectivity index (χ1n) is 13.0. The number of tetrazole rings is 1. The number of pyridine rings is 1. The smallest absolute Gasteiger partial charge is 0.252 e. The van der Waals surface area contributed by atoms with E-state index in [4.69, 9.17) is 4.74 Å². The summed E-state index contributed by atoms with van der Waals surface area (Å²) >= 11 is 0. The molecule has 4 rings (SSSR count). The Labute approximate surface area is 208 Å². The number of ether oxygens (including phenoxy) is 1. The zero-order valence-corrected chi connectivity index (χ0v) is 22.0. The van der Waals surface area contributed by atoms with Crippen molar-refractivity contribution in [2.75, 3.05) is 6.61 Å². The minimum absolute atomic E-state index is 0.00261. The molecule has 2 heterocycles. The van der Waals surface area contributed by atoms with Crippen LogP contribution in [-0.4, -0.2) is 42.7 Å². The van der Waals surface area contributed by atoms with Gasteiger partial charge in [0.1, 0.15) is 5.75 Å². The second-order valence-corrected chi connectivity index (χ2v) is 11.1. The molecule has 190 valence electrons. The van der Waals surface area contributed by atoms with Crippen LogP contribution < -0.4 is 10.3 Å². The molecule has 1 N–H and O–H groups in total. The lowest BCUT2D eigenvalue weighted by molar-refractivity contribution is 0.0580. The highest BCUT2D eigenvalue weighted by molar-refractivity contribution is 5.80. The van der Waals surface area contributed by atoms with E-state index in [1.807, 2.05) is 35.9 Å². The molecule has 1 fully saturated rings. The van der Waals surface area contributed by atoms with Gasteiger partial charge in [0.2, 0.25) is 0 Å². The van der Waals surface area contributed by atoms with Gasteiger partial charge in [-0.3, -0.25) is 9.69 Å². The fourth-order valence-electron chi connectivity index (χ4n) is 5.35. The summed E-state index contributed by atoms with van der Waals surface area (Å²) in [5.41, 5.74) is 1.31. The van der Waals surface area contributed by atoms with Crippen LogP contribution in [0.5, 0.6) is 5.75 Å². The average Bonchev–Trinajstić information content (AvgIpc) is 3.30. The van der Waals surface area contributed by atoms with E-state index in [0.29, 0.717) is 19.2 Å². The van der Waals surface area contributed by atoms with Gasteiger partial charge in [0.25, 0.3) is 5.56 Å². The summed E-state index contributed by atoms with van der Waals surface area (Å²) in [4.78, 5) is 18.8. The van der Waals surface area contributed by atoms with Crippen LogP contribution in [0.2, 0.25) is 0 Å². The Hall–Kier alpha value is -2.74. The predicted molar refractivity (Wildman–Crippen MR) is 139 cm³/mol. The Kier molecular flexibility index (Phi) is 7.59. The van der Waals surface area contributed by atoms with Crippen LogP contribution in [-0.2, 0) is 12.1 Å². The Morgan fingerprint density at radius 3 is 2.57 bits per heavy atom. The lowest BCUT2D eigenvalue weighted by atomic mass is 9.90. The Bertz CT molecular complexity index is 1190. The first-order valence-corrected chi connectivity index (χ1v) is 13.0. The van der Waals surface area contributed by atoms with Gasteiger partial charge >= 0.3 is 0 Å². The summed E-state index contributed by atoms with van der Waals surface area (Å²) in [5, 5.41) is 13.9. The summed E-state index contributed by atoms with van der Waals surface area (Å²) < 4.78 is 7.65. The standard InChI is InChI=1S/C27H40N6O2/c1-7-35-22-13-14-23-19(16-22)15-20(26(34)28-23)17-32(21-11-9-8-10-12-21)24(18(2)3)25-29-30-31-33(25)27(4,5)6/h13-16,18,21,24H,7-12,17H2,1-6H3,(H,28,34)/t24-/m1/s1. The molecule has 0 spiro atoms. The summed E-state index contributed by atoms with van der Waals surface area (Å²) in [6.45, 7) is 14.0. The van der Waals surface area contributed by atoms with Crippen molar-refractivity contribution in [2.45, 2.75) is 97.8 Å². The first-order chi connectivity index (χ1) is 16.7. The second kappa shape index (κ2) is 10.5. The van der Waals surface area contributed by atoms with E-state index >= 15 is 0 Å². The SMILES string of the molecule is CCOc1ccc2[nH]c(=O)c(CN(C3CCCCC3)[C@@H](c3nnnn3C(C)(C)C)C(C)C)cc2c1. The van der Waals surface area contributed by atoms with E-state index in [0.717, 1.165) is 40.9 Å².